The summed E-state index contributed by atoms with van der Waals surface area (Å²) in [5.74, 6) is 1.60. The molecule has 1 aliphatic rings. The summed E-state index contributed by atoms with van der Waals surface area (Å²) in [6, 6.07) is 16.9. The van der Waals surface area contributed by atoms with Crippen LogP contribution in [0.5, 0.6) is 11.5 Å². The number of quaternary nitrogens is 1. The second kappa shape index (κ2) is 7.84. The predicted octanol–water partition coefficient (Wildman–Crippen LogP) is 3.17. The van der Waals surface area contributed by atoms with Gasteiger partial charge in [0.05, 0.1) is 17.3 Å². The first kappa shape index (κ1) is 17.6. The van der Waals surface area contributed by atoms with Crippen LogP contribution in [-0.4, -0.2) is 29.0 Å². The molecule has 3 aromatic rings. The molecule has 4 rings (SSSR count). The van der Waals surface area contributed by atoms with E-state index in [1.165, 1.54) is 5.56 Å². The summed E-state index contributed by atoms with van der Waals surface area (Å²) in [6.07, 6.45) is 3.28. The Morgan fingerprint density at radius 2 is 1.85 bits per heavy atom. The van der Waals surface area contributed by atoms with Gasteiger partial charge < -0.3 is 14.8 Å². The van der Waals surface area contributed by atoms with Crippen LogP contribution in [-0.2, 0) is 6.54 Å². The molecular formula is C22H26N3O2+. The molecule has 140 valence electrons. The fourth-order valence-electron chi connectivity index (χ4n) is 3.20. The molecule has 0 unspecified atom stereocenters. The van der Waals surface area contributed by atoms with Crippen molar-refractivity contribution in [3.63, 3.8) is 0 Å². The predicted molar refractivity (Wildman–Crippen MR) is 105 cm³/mol. The Balaban J connectivity index is 1.72. The SMILES string of the molecule is CC[C@H](C)[NH2+]Cc1cn(-c2ccccc2)nc1-c1ccc2c(c1)OCCO2. The molecule has 0 saturated heterocycles. The standard InChI is InChI=1S/C22H25N3O2/c1-3-16(2)23-14-18-15-25(19-7-5-4-6-8-19)24-22(18)17-9-10-20-21(13-17)27-12-11-26-20/h4-10,13,15-16,23H,3,11-12,14H2,1-2H3/p+1/t16-/m0/s1. The van der Waals surface area contributed by atoms with Crippen molar-refractivity contribution in [3.8, 4) is 28.4 Å². The van der Waals surface area contributed by atoms with Crippen LogP contribution in [0.15, 0.2) is 54.7 Å². The Hall–Kier alpha value is -2.79. The minimum Gasteiger partial charge on any atom is -0.486 e. The van der Waals surface area contributed by atoms with E-state index in [-0.39, 0.29) is 0 Å². The summed E-state index contributed by atoms with van der Waals surface area (Å²) in [5, 5.41) is 7.27. The molecule has 2 aromatic carbocycles. The van der Waals surface area contributed by atoms with Crippen molar-refractivity contribution >= 4 is 0 Å². The monoisotopic (exact) mass is 364 g/mol. The van der Waals surface area contributed by atoms with Crippen LogP contribution in [0.1, 0.15) is 25.8 Å². The van der Waals surface area contributed by atoms with Gasteiger partial charge in [-0.15, -0.1) is 0 Å². The molecule has 0 radical (unpaired) electrons. The zero-order valence-electron chi connectivity index (χ0n) is 15.9. The lowest BCUT2D eigenvalue weighted by Gasteiger charge is -2.18. The maximum atomic E-state index is 5.77. The number of nitrogens with two attached hydrogens (primary N) is 1. The highest BCUT2D eigenvalue weighted by molar-refractivity contribution is 5.67. The van der Waals surface area contributed by atoms with Crippen molar-refractivity contribution in [3.05, 3.63) is 60.3 Å². The first-order valence-corrected chi connectivity index (χ1v) is 9.62. The number of para-hydroxylation sites is 1. The van der Waals surface area contributed by atoms with Gasteiger partial charge >= 0.3 is 0 Å². The van der Waals surface area contributed by atoms with E-state index in [1.54, 1.807) is 0 Å². The lowest BCUT2D eigenvalue weighted by Crippen LogP contribution is -2.87. The molecular weight excluding hydrogens is 338 g/mol. The first-order chi connectivity index (χ1) is 13.2. The van der Waals surface area contributed by atoms with Gasteiger partial charge in [0.1, 0.15) is 25.5 Å². The number of aromatic nitrogens is 2. The van der Waals surface area contributed by atoms with Crippen LogP contribution in [0.2, 0.25) is 0 Å². The molecule has 0 bridgehead atoms. The van der Waals surface area contributed by atoms with Gasteiger partial charge in [-0.3, -0.25) is 0 Å². The number of fused-ring (bicyclic) bond motifs is 1. The second-order valence-electron chi connectivity index (χ2n) is 6.97. The molecule has 0 amide bonds. The smallest absolute Gasteiger partial charge is 0.162 e. The maximum absolute atomic E-state index is 5.77. The van der Waals surface area contributed by atoms with Crippen molar-refractivity contribution in [1.29, 1.82) is 0 Å². The van der Waals surface area contributed by atoms with Crippen molar-refractivity contribution in [2.24, 2.45) is 0 Å². The fourth-order valence-corrected chi connectivity index (χ4v) is 3.20. The van der Waals surface area contributed by atoms with Gasteiger partial charge in [0, 0.05) is 11.8 Å². The summed E-state index contributed by atoms with van der Waals surface area (Å²) in [4.78, 5) is 0. The molecule has 2 N–H and O–H groups in total. The van der Waals surface area contributed by atoms with E-state index in [2.05, 4.69) is 43.6 Å². The molecule has 2 heterocycles. The van der Waals surface area contributed by atoms with E-state index in [1.807, 2.05) is 35.0 Å². The Labute approximate surface area is 159 Å². The van der Waals surface area contributed by atoms with E-state index in [4.69, 9.17) is 14.6 Å². The highest BCUT2D eigenvalue weighted by Gasteiger charge is 2.18. The number of benzene rings is 2. The largest absolute Gasteiger partial charge is 0.486 e. The number of hydrogen-bond donors (Lipinski definition) is 1. The third kappa shape index (κ3) is 3.83. The van der Waals surface area contributed by atoms with E-state index < -0.39 is 0 Å². The average molecular weight is 364 g/mol. The van der Waals surface area contributed by atoms with Crippen LogP contribution >= 0.6 is 0 Å². The zero-order valence-corrected chi connectivity index (χ0v) is 15.9. The maximum Gasteiger partial charge on any atom is 0.162 e. The summed E-state index contributed by atoms with van der Waals surface area (Å²) in [6.45, 7) is 6.56. The number of hydrogen-bond acceptors (Lipinski definition) is 3. The Morgan fingerprint density at radius 1 is 1.07 bits per heavy atom. The normalized spacial score (nSPS) is 14.1. The lowest BCUT2D eigenvalue weighted by atomic mass is 10.1. The topological polar surface area (TPSA) is 52.9 Å². The van der Waals surface area contributed by atoms with Crippen molar-refractivity contribution in [1.82, 2.24) is 9.78 Å². The highest BCUT2D eigenvalue weighted by Crippen LogP contribution is 2.35. The third-order valence-corrected chi connectivity index (χ3v) is 5.01. The van der Waals surface area contributed by atoms with Gasteiger partial charge in [-0.25, -0.2) is 4.68 Å². The number of rotatable bonds is 6. The molecule has 0 fully saturated rings. The number of ether oxygens (including phenoxy) is 2. The van der Waals surface area contributed by atoms with E-state index in [0.29, 0.717) is 19.3 Å². The van der Waals surface area contributed by atoms with Gasteiger partial charge in [-0.1, -0.05) is 25.1 Å². The van der Waals surface area contributed by atoms with Crippen molar-refractivity contribution < 1.29 is 14.8 Å². The van der Waals surface area contributed by atoms with E-state index >= 15 is 0 Å². The Bertz CT molecular complexity index is 905. The highest BCUT2D eigenvalue weighted by atomic mass is 16.6. The quantitative estimate of drug-likeness (QED) is 0.731. The molecule has 0 spiro atoms. The first-order valence-electron chi connectivity index (χ1n) is 9.62. The van der Waals surface area contributed by atoms with E-state index in [0.717, 1.165) is 41.4 Å². The van der Waals surface area contributed by atoms with Gasteiger partial charge in [-0.05, 0) is 43.7 Å². The Kier molecular flexibility index (Phi) is 5.12. The summed E-state index contributed by atoms with van der Waals surface area (Å²) in [5.41, 5.74) is 4.33. The number of nitrogens with zero attached hydrogens (tertiary/aromatic N) is 2. The Morgan fingerprint density at radius 3 is 2.63 bits per heavy atom. The fraction of sp³-hybridized carbons (Fsp3) is 0.318. The molecule has 0 aliphatic carbocycles. The van der Waals surface area contributed by atoms with Gasteiger partial charge in [0.2, 0.25) is 0 Å². The molecule has 5 nitrogen and oxygen atoms in total. The average Bonchev–Trinajstić information content (AvgIpc) is 3.16. The molecule has 0 saturated carbocycles. The molecule has 5 heteroatoms. The van der Waals surface area contributed by atoms with Crippen LogP contribution in [0.4, 0.5) is 0 Å². The van der Waals surface area contributed by atoms with Crippen molar-refractivity contribution in [2.75, 3.05) is 13.2 Å². The third-order valence-electron chi connectivity index (χ3n) is 5.01. The lowest BCUT2D eigenvalue weighted by molar-refractivity contribution is -0.701. The molecule has 27 heavy (non-hydrogen) atoms. The molecule has 1 aliphatic heterocycles. The van der Waals surface area contributed by atoms with Crippen LogP contribution in [0.3, 0.4) is 0 Å². The molecule has 1 aromatic heterocycles. The summed E-state index contributed by atoms with van der Waals surface area (Å²) in [7, 11) is 0. The van der Waals surface area contributed by atoms with Crippen LogP contribution < -0.4 is 14.8 Å². The second-order valence-corrected chi connectivity index (χ2v) is 6.97. The van der Waals surface area contributed by atoms with E-state index in [9.17, 15) is 0 Å². The summed E-state index contributed by atoms with van der Waals surface area (Å²) < 4.78 is 13.4. The van der Waals surface area contributed by atoms with Gasteiger partial charge in [-0.2, -0.15) is 5.10 Å². The van der Waals surface area contributed by atoms with Gasteiger partial charge in [0.25, 0.3) is 0 Å². The van der Waals surface area contributed by atoms with Crippen LogP contribution in [0.25, 0.3) is 16.9 Å². The zero-order chi connectivity index (χ0) is 18.6. The van der Waals surface area contributed by atoms with Gasteiger partial charge in [0.15, 0.2) is 11.5 Å². The summed E-state index contributed by atoms with van der Waals surface area (Å²) >= 11 is 0. The van der Waals surface area contributed by atoms with Crippen LogP contribution in [0, 0.1) is 0 Å². The minimum absolute atomic E-state index is 0.582. The molecule has 1 atom stereocenters. The minimum atomic E-state index is 0.582. The van der Waals surface area contributed by atoms with Crippen molar-refractivity contribution in [2.45, 2.75) is 32.9 Å².